The van der Waals surface area contributed by atoms with Gasteiger partial charge in [0.25, 0.3) is 0 Å². The Balaban J connectivity index is 1.27. The molecule has 5 atom stereocenters. The average molecular weight is 513 g/mol. The Labute approximate surface area is 221 Å². The standard InChI is InChI=1S/C31H41ClO4/c1-28(2)17-35-31(36-18-28)12-11-30(15-20-13-26-27(14-25(20)32)34-19-33-26)21(16-31)6-7-22-23-5-4-9-29(23,3)10-8-24(22)30/h8,13-14,21-23H,4-7,9-12,15-19H2,1-3H3/t21-,22-,23-,29-,30+/m0/s1. The van der Waals surface area contributed by atoms with E-state index in [2.05, 4.69) is 32.9 Å². The molecule has 6 aliphatic rings. The van der Waals surface area contributed by atoms with E-state index in [0.29, 0.717) is 11.3 Å². The minimum absolute atomic E-state index is 0.0935. The lowest BCUT2D eigenvalue weighted by Crippen LogP contribution is -2.57. The van der Waals surface area contributed by atoms with Gasteiger partial charge in [-0.25, -0.2) is 0 Å². The van der Waals surface area contributed by atoms with Crippen molar-refractivity contribution in [2.45, 2.75) is 90.8 Å². The zero-order valence-electron chi connectivity index (χ0n) is 22.2. The fourth-order valence-corrected chi connectivity index (χ4v) is 9.26. The maximum absolute atomic E-state index is 6.91. The van der Waals surface area contributed by atoms with Crippen molar-refractivity contribution in [3.8, 4) is 11.5 Å². The van der Waals surface area contributed by atoms with Gasteiger partial charge >= 0.3 is 0 Å². The average Bonchev–Trinajstić information content (AvgIpc) is 3.47. The minimum Gasteiger partial charge on any atom is -0.454 e. The zero-order valence-corrected chi connectivity index (χ0v) is 22.9. The minimum atomic E-state index is -0.410. The second-order valence-corrected chi connectivity index (χ2v) is 14.3. The first-order valence-electron chi connectivity index (χ1n) is 14.3. The van der Waals surface area contributed by atoms with Crippen LogP contribution in [0.25, 0.3) is 0 Å². The van der Waals surface area contributed by atoms with Crippen molar-refractivity contribution < 1.29 is 18.9 Å². The molecule has 1 aromatic rings. The van der Waals surface area contributed by atoms with Crippen molar-refractivity contribution in [2.24, 2.45) is 34.0 Å². The first-order chi connectivity index (χ1) is 17.2. The summed E-state index contributed by atoms with van der Waals surface area (Å²) in [6, 6.07) is 4.12. The fourth-order valence-electron chi connectivity index (χ4n) is 9.04. The molecule has 0 aromatic heterocycles. The van der Waals surface area contributed by atoms with Crippen LogP contribution in [0.5, 0.6) is 11.5 Å². The molecule has 2 heterocycles. The predicted molar refractivity (Wildman–Crippen MR) is 140 cm³/mol. The Morgan fingerprint density at radius 3 is 2.53 bits per heavy atom. The molecule has 0 amide bonds. The van der Waals surface area contributed by atoms with Crippen LogP contribution in [0.2, 0.25) is 5.02 Å². The number of benzene rings is 1. The Hall–Kier alpha value is -1.23. The molecule has 0 bridgehead atoms. The SMILES string of the molecule is CC1(C)COC2(CC[C@]3(Cc4cc5c(cc4Cl)OCO5)C4=CC[C@]5(C)CCC[C@H]5[C@@H]4CC[C@H]3C2)OC1. The zero-order chi connectivity index (χ0) is 24.8. The quantitative estimate of drug-likeness (QED) is 0.380. The summed E-state index contributed by atoms with van der Waals surface area (Å²) in [5.74, 6) is 3.29. The van der Waals surface area contributed by atoms with Gasteiger partial charge in [0.1, 0.15) is 0 Å². The molecule has 2 aliphatic heterocycles. The Morgan fingerprint density at radius 2 is 1.72 bits per heavy atom. The van der Waals surface area contributed by atoms with E-state index in [4.69, 9.17) is 30.5 Å². The summed E-state index contributed by atoms with van der Waals surface area (Å²) in [5, 5.41) is 0.809. The highest BCUT2D eigenvalue weighted by Crippen LogP contribution is 2.66. The molecule has 5 heteroatoms. The molecular weight excluding hydrogens is 472 g/mol. The first kappa shape index (κ1) is 23.9. The highest BCUT2D eigenvalue weighted by Gasteiger charge is 2.59. The van der Waals surface area contributed by atoms with Gasteiger partial charge in [-0.3, -0.25) is 0 Å². The number of allylic oxidation sites excluding steroid dienone is 2. The van der Waals surface area contributed by atoms with Gasteiger partial charge in [0.2, 0.25) is 6.79 Å². The summed E-state index contributed by atoms with van der Waals surface area (Å²) < 4.78 is 24.5. The fraction of sp³-hybridized carbons (Fsp3) is 0.742. The van der Waals surface area contributed by atoms with Gasteiger partial charge in [0.15, 0.2) is 17.3 Å². The van der Waals surface area contributed by atoms with E-state index in [9.17, 15) is 0 Å². The number of hydrogen-bond acceptors (Lipinski definition) is 4. The van der Waals surface area contributed by atoms with Crippen LogP contribution >= 0.6 is 11.6 Å². The van der Waals surface area contributed by atoms with Gasteiger partial charge in [-0.2, -0.15) is 0 Å². The lowest BCUT2D eigenvalue weighted by atomic mass is 9.47. The second-order valence-electron chi connectivity index (χ2n) is 13.9. The molecule has 4 nitrogen and oxygen atoms in total. The number of ether oxygens (including phenoxy) is 4. The summed E-state index contributed by atoms with van der Waals surface area (Å²) in [6.45, 7) is 8.89. The smallest absolute Gasteiger partial charge is 0.231 e. The molecule has 36 heavy (non-hydrogen) atoms. The molecule has 4 aliphatic carbocycles. The molecule has 1 spiro atoms. The van der Waals surface area contributed by atoms with Crippen molar-refractivity contribution in [3.05, 3.63) is 34.4 Å². The molecule has 4 fully saturated rings. The van der Waals surface area contributed by atoms with Crippen LogP contribution < -0.4 is 9.47 Å². The van der Waals surface area contributed by atoms with Gasteiger partial charge in [-0.1, -0.05) is 50.4 Å². The Bertz CT molecular complexity index is 1080. The molecule has 7 rings (SSSR count). The molecule has 1 aromatic carbocycles. The number of halogens is 1. The van der Waals surface area contributed by atoms with Gasteiger partial charge < -0.3 is 18.9 Å². The van der Waals surface area contributed by atoms with Crippen LogP contribution in [0, 0.1) is 34.0 Å². The lowest BCUT2D eigenvalue weighted by molar-refractivity contribution is -0.324. The third-order valence-electron chi connectivity index (χ3n) is 11.0. The molecule has 0 N–H and O–H groups in total. The third-order valence-corrected chi connectivity index (χ3v) is 11.4. The summed E-state index contributed by atoms with van der Waals surface area (Å²) >= 11 is 6.91. The molecule has 196 valence electrons. The molecule has 0 radical (unpaired) electrons. The van der Waals surface area contributed by atoms with Crippen molar-refractivity contribution in [1.29, 1.82) is 0 Å². The van der Waals surface area contributed by atoms with E-state index in [1.807, 2.05) is 6.07 Å². The highest BCUT2D eigenvalue weighted by molar-refractivity contribution is 6.31. The summed E-state index contributed by atoms with van der Waals surface area (Å²) in [7, 11) is 0. The maximum Gasteiger partial charge on any atom is 0.231 e. The molecular formula is C31H41ClO4. The van der Waals surface area contributed by atoms with Crippen LogP contribution in [-0.2, 0) is 15.9 Å². The molecule has 3 saturated carbocycles. The lowest BCUT2D eigenvalue weighted by Gasteiger charge is -2.60. The first-order valence-corrected chi connectivity index (χ1v) is 14.7. The van der Waals surface area contributed by atoms with E-state index in [0.717, 1.165) is 67.3 Å². The van der Waals surface area contributed by atoms with Crippen molar-refractivity contribution in [2.75, 3.05) is 20.0 Å². The molecule has 1 saturated heterocycles. The highest BCUT2D eigenvalue weighted by atomic mass is 35.5. The largest absolute Gasteiger partial charge is 0.454 e. The van der Waals surface area contributed by atoms with Crippen molar-refractivity contribution in [3.63, 3.8) is 0 Å². The van der Waals surface area contributed by atoms with Crippen LogP contribution in [0.1, 0.15) is 84.1 Å². The molecule has 0 unspecified atom stereocenters. The van der Waals surface area contributed by atoms with Gasteiger partial charge in [-0.05, 0) is 85.2 Å². The predicted octanol–water partition coefficient (Wildman–Crippen LogP) is 7.71. The number of rotatable bonds is 2. The van der Waals surface area contributed by atoms with E-state index in [-0.39, 0.29) is 17.6 Å². The second kappa shape index (κ2) is 8.13. The normalized spacial score (nSPS) is 39.8. The van der Waals surface area contributed by atoms with Gasteiger partial charge in [0.05, 0.1) is 13.2 Å². The number of hydrogen-bond donors (Lipinski definition) is 0. The van der Waals surface area contributed by atoms with E-state index in [1.54, 1.807) is 5.57 Å². The summed E-state index contributed by atoms with van der Waals surface area (Å²) in [5.41, 5.74) is 3.67. The van der Waals surface area contributed by atoms with Crippen LogP contribution in [0.4, 0.5) is 0 Å². The Morgan fingerprint density at radius 1 is 0.944 bits per heavy atom. The van der Waals surface area contributed by atoms with Crippen molar-refractivity contribution in [1.82, 2.24) is 0 Å². The van der Waals surface area contributed by atoms with E-state index in [1.165, 1.54) is 44.1 Å². The van der Waals surface area contributed by atoms with Gasteiger partial charge in [-0.15, -0.1) is 0 Å². The monoisotopic (exact) mass is 512 g/mol. The number of fused-ring (bicyclic) bond motifs is 6. The van der Waals surface area contributed by atoms with E-state index >= 15 is 0 Å². The summed E-state index contributed by atoms with van der Waals surface area (Å²) in [4.78, 5) is 0. The van der Waals surface area contributed by atoms with Crippen LogP contribution in [0.15, 0.2) is 23.8 Å². The topological polar surface area (TPSA) is 36.9 Å². The van der Waals surface area contributed by atoms with Crippen LogP contribution in [0.3, 0.4) is 0 Å². The van der Waals surface area contributed by atoms with E-state index < -0.39 is 5.79 Å². The van der Waals surface area contributed by atoms with Crippen molar-refractivity contribution >= 4 is 11.6 Å². The maximum atomic E-state index is 6.91. The third kappa shape index (κ3) is 3.61. The van der Waals surface area contributed by atoms with Gasteiger partial charge in [0, 0.05) is 29.3 Å². The summed E-state index contributed by atoms with van der Waals surface area (Å²) in [6.07, 6.45) is 14.7. The van der Waals surface area contributed by atoms with Crippen LogP contribution in [-0.4, -0.2) is 25.8 Å². The Kier molecular flexibility index (Phi) is 5.39.